The molecule has 1 aromatic rings. The van der Waals surface area contributed by atoms with E-state index in [1.807, 2.05) is 31.3 Å². The Hall–Kier alpha value is -1.32. The summed E-state index contributed by atoms with van der Waals surface area (Å²) < 4.78 is 0. The predicted molar refractivity (Wildman–Crippen MR) is 76.0 cm³/mol. The molecule has 0 aromatic carbocycles. The Labute approximate surface area is 110 Å². The molecule has 4 heteroatoms. The summed E-state index contributed by atoms with van der Waals surface area (Å²) in [4.78, 5) is 10.6. The van der Waals surface area contributed by atoms with Gasteiger partial charge in [0.2, 0.25) is 5.95 Å². The zero-order valence-corrected chi connectivity index (χ0v) is 11.7. The quantitative estimate of drug-likeness (QED) is 0.889. The van der Waals surface area contributed by atoms with Crippen LogP contribution in [0.2, 0.25) is 0 Å². The molecule has 0 aliphatic heterocycles. The minimum absolute atomic E-state index is 0.432. The Balaban J connectivity index is 1.95. The zero-order valence-electron chi connectivity index (χ0n) is 11.7. The van der Waals surface area contributed by atoms with E-state index in [1.165, 1.54) is 32.1 Å². The van der Waals surface area contributed by atoms with Gasteiger partial charge >= 0.3 is 0 Å². The highest BCUT2D eigenvalue weighted by atomic mass is 15.2. The van der Waals surface area contributed by atoms with Crippen molar-refractivity contribution in [1.82, 2.24) is 9.97 Å². The molecule has 1 aliphatic carbocycles. The highest BCUT2D eigenvalue weighted by Crippen LogP contribution is 2.35. The van der Waals surface area contributed by atoms with Crippen LogP contribution in [0.15, 0.2) is 12.3 Å². The fourth-order valence-electron chi connectivity index (χ4n) is 2.55. The second-order valence-corrected chi connectivity index (χ2v) is 5.86. The van der Waals surface area contributed by atoms with E-state index >= 15 is 0 Å². The van der Waals surface area contributed by atoms with E-state index in [2.05, 4.69) is 22.2 Å². The summed E-state index contributed by atoms with van der Waals surface area (Å²) in [5.74, 6) is 1.69. The number of anilines is 2. The number of hydrogen-bond donors (Lipinski definition) is 1. The van der Waals surface area contributed by atoms with E-state index in [0.717, 1.165) is 18.3 Å². The van der Waals surface area contributed by atoms with Gasteiger partial charge in [0.15, 0.2) is 0 Å². The smallest absolute Gasteiger partial charge is 0.226 e. The zero-order chi connectivity index (χ0) is 13.0. The Bertz CT molecular complexity index is 383. The summed E-state index contributed by atoms with van der Waals surface area (Å²) in [7, 11) is 3.92. The molecule has 0 radical (unpaired) electrons. The second kappa shape index (κ2) is 5.55. The Kier molecular flexibility index (Phi) is 4.04. The lowest BCUT2D eigenvalue weighted by atomic mass is 9.76. The standard InChI is InChI=1S/C14H24N4/c1-14(8-5-4-6-9-14)11-16-12-7-10-15-13(17-12)18(2)3/h7,10H,4-6,8-9,11H2,1-3H3,(H,15,16,17). The number of hydrogen-bond acceptors (Lipinski definition) is 4. The predicted octanol–water partition coefficient (Wildman–Crippen LogP) is 2.92. The van der Waals surface area contributed by atoms with Gasteiger partial charge in [-0.05, 0) is 24.3 Å². The van der Waals surface area contributed by atoms with E-state index in [1.54, 1.807) is 0 Å². The average Bonchev–Trinajstić information content (AvgIpc) is 2.38. The molecule has 1 aromatic heterocycles. The highest BCUT2D eigenvalue weighted by molar-refractivity contribution is 5.40. The van der Waals surface area contributed by atoms with Crippen molar-refractivity contribution in [2.75, 3.05) is 30.9 Å². The Morgan fingerprint density at radius 3 is 2.67 bits per heavy atom. The van der Waals surface area contributed by atoms with Crippen molar-refractivity contribution in [3.05, 3.63) is 12.3 Å². The first kappa shape index (κ1) is 13.1. The molecule has 1 aliphatic rings. The molecule has 1 heterocycles. The molecule has 0 bridgehead atoms. The van der Waals surface area contributed by atoms with Crippen LogP contribution >= 0.6 is 0 Å². The monoisotopic (exact) mass is 248 g/mol. The molecular formula is C14H24N4. The van der Waals surface area contributed by atoms with Gasteiger partial charge in [-0.3, -0.25) is 0 Å². The van der Waals surface area contributed by atoms with Crippen molar-refractivity contribution in [1.29, 1.82) is 0 Å². The summed E-state index contributed by atoms with van der Waals surface area (Å²) >= 11 is 0. The molecule has 0 spiro atoms. The SMILES string of the molecule is CN(C)c1nccc(NCC2(C)CCCCC2)n1. The maximum atomic E-state index is 4.49. The van der Waals surface area contributed by atoms with Gasteiger partial charge in [0.05, 0.1) is 0 Å². The van der Waals surface area contributed by atoms with Gasteiger partial charge in [0.1, 0.15) is 5.82 Å². The van der Waals surface area contributed by atoms with Gasteiger partial charge in [0.25, 0.3) is 0 Å². The summed E-state index contributed by atoms with van der Waals surface area (Å²) in [6.07, 6.45) is 8.59. The van der Waals surface area contributed by atoms with Crippen LogP contribution in [-0.2, 0) is 0 Å². The number of nitrogens with one attached hydrogen (secondary N) is 1. The Morgan fingerprint density at radius 1 is 1.28 bits per heavy atom. The Morgan fingerprint density at radius 2 is 2.00 bits per heavy atom. The molecule has 2 rings (SSSR count). The van der Waals surface area contributed by atoms with Crippen LogP contribution < -0.4 is 10.2 Å². The molecule has 1 fully saturated rings. The molecule has 0 amide bonds. The number of aromatic nitrogens is 2. The van der Waals surface area contributed by atoms with Gasteiger partial charge in [-0.15, -0.1) is 0 Å². The van der Waals surface area contributed by atoms with Crippen LogP contribution in [0.3, 0.4) is 0 Å². The van der Waals surface area contributed by atoms with E-state index in [4.69, 9.17) is 0 Å². The summed E-state index contributed by atoms with van der Waals surface area (Å²) in [6.45, 7) is 3.39. The largest absolute Gasteiger partial charge is 0.369 e. The van der Waals surface area contributed by atoms with Crippen LogP contribution in [-0.4, -0.2) is 30.6 Å². The molecule has 18 heavy (non-hydrogen) atoms. The molecule has 1 N–H and O–H groups in total. The third-order valence-electron chi connectivity index (χ3n) is 3.80. The van der Waals surface area contributed by atoms with Crippen molar-refractivity contribution >= 4 is 11.8 Å². The van der Waals surface area contributed by atoms with E-state index in [0.29, 0.717) is 5.41 Å². The minimum atomic E-state index is 0.432. The fourth-order valence-corrected chi connectivity index (χ4v) is 2.55. The van der Waals surface area contributed by atoms with Gasteiger partial charge < -0.3 is 10.2 Å². The maximum Gasteiger partial charge on any atom is 0.226 e. The highest BCUT2D eigenvalue weighted by Gasteiger charge is 2.26. The van der Waals surface area contributed by atoms with E-state index in [9.17, 15) is 0 Å². The normalized spacial score (nSPS) is 18.4. The van der Waals surface area contributed by atoms with Gasteiger partial charge in [-0.1, -0.05) is 26.2 Å². The van der Waals surface area contributed by atoms with E-state index < -0.39 is 0 Å². The lowest BCUT2D eigenvalue weighted by molar-refractivity contribution is 0.233. The average molecular weight is 248 g/mol. The lowest BCUT2D eigenvalue weighted by Crippen LogP contribution is -2.29. The number of rotatable bonds is 4. The molecule has 4 nitrogen and oxygen atoms in total. The first-order valence-corrected chi connectivity index (χ1v) is 6.83. The van der Waals surface area contributed by atoms with Crippen LogP contribution in [0.1, 0.15) is 39.0 Å². The van der Waals surface area contributed by atoms with Crippen LogP contribution in [0, 0.1) is 5.41 Å². The van der Waals surface area contributed by atoms with Gasteiger partial charge in [-0.25, -0.2) is 4.98 Å². The number of nitrogens with zero attached hydrogens (tertiary/aromatic N) is 3. The lowest BCUT2D eigenvalue weighted by Gasteiger charge is -2.33. The summed E-state index contributed by atoms with van der Waals surface area (Å²) in [6, 6.07) is 1.94. The van der Waals surface area contributed by atoms with Crippen molar-refractivity contribution < 1.29 is 0 Å². The first-order valence-electron chi connectivity index (χ1n) is 6.83. The fraction of sp³-hybridized carbons (Fsp3) is 0.714. The third-order valence-corrected chi connectivity index (χ3v) is 3.80. The molecule has 1 saturated carbocycles. The minimum Gasteiger partial charge on any atom is -0.369 e. The second-order valence-electron chi connectivity index (χ2n) is 5.86. The van der Waals surface area contributed by atoms with Crippen molar-refractivity contribution in [2.24, 2.45) is 5.41 Å². The van der Waals surface area contributed by atoms with Crippen LogP contribution in [0.4, 0.5) is 11.8 Å². The summed E-state index contributed by atoms with van der Waals surface area (Å²) in [5.41, 5.74) is 0.432. The molecular weight excluding hydrogens is 224 g/mol. The van der Waals surface area contributed by atoms with Crippen molar-refractivity contribution in [2.45, 2.75) is 39.0 Å². The molecule has 0 atom stereocenters. The first-order chi connectivity index (χ1) is 8.59. The molecule has 100 valence electrons. The molecule has 0 unspecified atom stereocenters. The van der Waals surface area contributed by atoms with Crippen molar-refractivity contribution in [3.8, 4) is 0 Å². The van der Waals surface area contributed by atoms with Crippen LogP contribution in [0.25, 0.3) is 0 Å². The van der Waals surface area contributed by atoms with Gasteiger partial charge in [-0.2, -0.15) is 4.98 Å². The maximum absolute atomic E-state index is 4.49. The van der Waals surface area contributed by atoms with E-state index in [-0.39, 0.29) is 0 Å². The molecule has 0 saturated heterocycles. The van der Waals surface area contributed by atoms with Gasteiger partial charge in [0, 0.05) is 26.8 Å². The van der Waals surface area contributed by atoms with Crippen LogP contribution in [0.5, 0.6) is 0 Å². The summed E-state index contributed by atoms with van der Waals surface area (Å²) in [5, 5.41) is 3.47. The topological polar surface area (TPSA) is 41.1 Å². The third kappa shape index (κ3) is 3.34. The van der Waals surface area contributed by atoms with Crippen molar-refractivity contribution in [3.63, 3.8) is 0 Å².